The summed E-state index contributed by atoms with van der Waals surface area (Å²) in [7, 11) is 0. The fraction of sp³-hybridized carbons (Fsp3) is 0.394. The molecule has 0 bridgehead atoms. The van der Waals surface area contributed by atoms with Gasteiger partial charge in [0.2, 0.25) is 0 Å². The molecular weight excluding hydrogens is 537 g/mol. The summed E-state index contributed by atoms with van der Waals surface area (Å²) >= 11 is 0. The lowest BCUT2D eigenvalue weighted by Gasteiger charge is -2.37. The molecule has 2 aliphatic rings. The van der Waals surface area contributed by atoms with Crippen LogP contribution in [0.15, 0.2) is 65.5 Å². The second kappa shape index (κ2) is 12.5. The first-order chi connectivity index (χ1) is 20.5. The van der Waals surface area contributed by atoms with Crippen LogP contribution in [0.1, 0.15) is 32.1 Å². The lowest BCUT2D eigenvalue weighted by Crippen LogP contribution is -2.42. The number of fused-ring (bicyclic) bond motifs is 1. The van der Waals surface area contributed by atoms with Crippen LogP contribution in [0.2, 0.25) is 0 Å². The largest absolute Gasteiger partial charge is 0.508 e. The molecule has 2 heterocycles. The van der Waals surface area contributed by atoms with Crippen LogP contribution in [0.3, 0.4) is 0 Å². The van der Waals surface area contributed by atoms with Crippen molar-refractivity contribution in [1.82, 2.24) is 14.5 Å². The molecule has 1 aliphatic carbocycles. The zero-order valence-electron chi connectivity index (χ0n) is 23.5. The summed E-state index contributed by atoms with van der Waals surface area (Å²) in [6.07, 6.45) is 5.96. The van der Waals surface area contributed by atoms with Crippen LogP contribution in [-0.4, -0.2) is 57.5 Å². The Morgan fingerprint density at radius 2 is 1.74 bits per heavy atom. The number of aromatic hydroxyl groups is 1. The fourth-order valence-electron chi connectivity index (χ4n) is 6.02. The second-order valence-electron chi connectivity index (χ2n) is 11.4. The van der Waals surface area contributed by atoms with Gasteiger partial charge in [-0.1, -0.05) is 12.5 Å². The van der Waals surface area contributed by atoms with Crippen LogP contribution in [0.25, 0.3) is 22.3 Å². The predicted molar refractivity (Wildman–Crippen MR) is 159 cm³/mol. The summed E-state index contributed by atoms with van der Waals surface area (Å²) in [4.78, 5) is 21.5. The molecule has 42 heavy (non-hydrogen) atoms. The Kier molecular flexibility index (Phi) is 8.39. The number of hydrogen-bond donors (Lipinski definition) is 2. The maximum Gasteiger partial charge on any atom is 0.261 e. The highest BCUT2D eigenvalue weighted by Gasteiger charge is 2.27. The number of nitrogens with zero attached hydrogens (tertiary/aromatic N) is 3. The summed E-state index contributed by atoms with van der Waals surface area (Å²) in [5.41, 5.74) is 0.393. The highest BCUT2D eigenvalue weighted by atomic mass is 19.1. The Hall–Kier alpha value is -3.95. The average molecular weight is 574 g/mol. The van der Waals surface area contributed by atoms with E-state index in [1.807, 2.05) is 0 Å². The summed E-state index contributed by atoms with van der Waals surface area (Å²) in [6, 6.07) is 16.0. The van der Waals surface area contributed by atoms with Crippen molar-refractivity contribution in [3.05, 3.63) is 76.8 Å². The molecule has 4 aromatic rings. The van der Waals surface area contributed by atoms with E-state index in [-0.39, 0.29) is 41.8 Å². The monoisotopic (exact) mass is 573 g/mol. The molecule has 2 fully saturated rings. The third-order valence-corrected chi connectivity index (χ3v) is 8.31. The van der Waals surface area contributed by atoms with Gasteiger partial charge >= 0.3 is 0 Å². The Morgan fingerprint density at radius 1 is 0.929 bits per heavy atom. The van der Waals surface area contributed by atoms with E-state index in [0.29, 0.717) is 34.7 Å². The molecule has 1 atom stereocenters. The SMILES string of the molecule is O=c1c2cc(Oc3cccc(O)c3)ccc2nc(-c2ccc(OCCO)cc2F)n1CC1CCCN(CC2CCC2)C1. The molecule has 0 radical (unpaired) electrons. The van der Waals surface area contributed by atoms with Crippen molar-refractivity contribution in [3.8, 4) is 34.4 Å². The molecule has 6 rings (SSSR count). The molecule has 8 nitrogen and oxygen atoms in total. The summed E-state index contributed by atoms with van der Waals surface area (Å²) in [5.74, 6) is 1.99. The van der Waals surface area contributed by atoms with Crippen molar-refractivity contribution in [2.75, 3.05) is 32.8 Å². The molecule has 2 N–H and O–H groups in total. The molecule has 1 aromatic heterocycles. The summed E-state index contributed by atoms with van der Waals surface area (Å²) in [6.45, 7) is 3.39. The van der Waals surface area contributed by atoms with E-state index in [1.54, 1.807) is 53.1 Å². The topological polar surface area (TPSA) is 97.0 Å². The van der Waals surface area contributed by atoms with Gasteiger partial charge in [0.05, 0.1) is 23.1 Å². The fourth-order valence-corrected chi connectivity index (χ4v) is 6.02. The van der Waals surface area contributed by atoms with Crippen molar-refractivity contribution in [2.45, 2.75) is 38.6 Å². The number of likely N-dealkylation sites (tertiary alicyclic amines) is 1. The van der Waals surface area contributed by atoms with Gasteiger partial charge in [-0.05, 0) is 86.5 Å². The Labute approximate surface area is 244 Å². The average Bonchev–Trinajstić information content (AvgIpc) is 2.96. The number of benzene rings is 3. The highest BCUT2D eigenvalue weighted by molar-refractivity contribution is 5.81. The molecule has 9 heteroatoms. The minimum Gasteiger partial charge on any atom is -0.508 e. The highest BCUT2D eigenvalue weighted by Crippen LogP contribution is 2.32. The first-order valence-corrected chi connectivity index (χ1v) is 14.7. The van der Waals surface area contributed by atoms with Crippen molar-refractivity contribution in [1.29, 1.82) is 0 Å². The molecule has 1 aliphatic heterocycles. The number of phenolic OH excluding ortho intramolecular Hbond substituents is 1. The van der Waals surface area contributed by atoms with Crippen LogP contribution in [-0.2, 0) is 6.54 Å². The number of phenols is 1. The second-order valence-corrected chi connectivity index (χ2v) is 11.4. The summed E-state index contributed by atoms with van der Waals surface area (Å²) in [5, 5.41) is 19.2. The number of aliphatic hydroxyl groups is 1. The van der Waals surface area contributed by atoms with Crippen LogP contribution in [0.4, 0.5) is 4.39 Å². The van der Waals surface area contributed by atoms with E-state index in [9.17, 15) is 9.90 Å². The first kappa shape index (κ1) is 28.2. The molecule has 1 unspecified atom stereocenters. The van der Waals surface area contributed by atoms with Gasteiger partial charge in [0.1, 0.15) is 41.2 Å². The number of rotatable bonds is 10. The van der Waals surface area contributed by atoms with Gasteiger partial charge in [0.15, 0.2) is 0 Å². The maximum atomic E-state index is 15.5. The van der Waals surface area contributed by atoms with Crippen LogP contribution >= 0.6 is 0 Å². The van der Waals surface area contributed by atoms with Crippen molar-refractivity contribution < 1.29 is 24.1 Å². The smallest absolute Gasteiger partial charge is 0.261 e. The first-order valence-electron chi connectivity index (χ1n) is 14.7. The third kappa shape index (κ3) is 6.27. The van der Waals surface area contributed by atoms with Gasteiger partial charge < -0.3 is 24.6 Å². The molecule has 1 saturated carbocycles. The van der Waals surface area contributed by atoms with Crippen molar-refractivity contribution >= 4 is 10.9 Å². The van der Waals surface area contributed by atoms with Gasteiger partial charge in [0.25, 0.3) is 5.56 Å². The van der Waals surface area contributed by atoms with E-state index in [2.05, 4.69) is 4.90 Å². The van der Waals surface area contributed by atoms with E-state index < -0.39 is 5.82 Å². The number of aromatic nitrogens is 2. The van der Waals surface area contributed by atoms with Crippen LogP contribution < -0.4 is 15.0 Å². The number of hydrogen-bond acceptors (Lipinski definition) is 7. The number of piperidine rings is 1. The summed E-state index contributed by atoms with van der Waals surface area (Å²) < 4.78 is 28.4. The lowest BCUT2D eigenvalue weighted by atomic mass is 9.84. The third-order valence-electron chi connectivity index (χ3n) is 8.31. The Balaban J connectivity index is 1.37. The molecular formula is C33H36FN3O5. The Bertz CT molecular complexity index is 1620. The number of halogens is 1. The van der Waals surface area contributed by atoms with Gasteiger partial charge in [-0.3, -0.25) is 9.36 Å². The minimum atomic E-state index is -0.551. The zero-order chi connectivity index (χ0) is 29.1. The van der Waals surface area contributed by atoms with Crippen molar-refractivity contribution in [2.24, 2.45) is 11.8 Å². The lowest BCUT2D eigenvalue weighted by molar-refractivity contribution is 0.117. The normalized spacial score (nSPS) is 17.7. The molecule has 220 valence electrons. The van der Waals surface area contributed by atoms with Gasteiger partial charge in [-0.15, -0.1) is 0 Å². The van der Waals surface area contributed by atoms with Crippen LogP contribution in [0, 0.1) is 17.7 Å². The van der Waals surface area contributed by atoms with Gasteiger partial charge in [0, 0.05) is 31.8 Å². The zero-order valence-corrected chi connectivity index (χ0v) is 23.5. The Morgan fingerprint density at radius 3 is 2.50 bits per heavy atom. The van der Waals surface area contributed by atoms with Gasteiger partial charge in [-0.25, -0.2) is 9.37 Å². The van der Waals surface area contributed by atoms with E-state index in [0.717, 1.165) is 38.4 Å². The van der Waals surface area contributed by atoms with Crippen molar-refractivity contribution in [3.63, 3.8) is 0 Å². The molecule has 0 spiro atoms. The molecule has 1 saturated heterocycles. The number of ether oxygens (including phenoxy) is 2. The van der Waals surface area contributed by atoms with E-state index in [4.69, 9.17) is 19.6 Å². The maximum absolute atomic E-state index is 15.5. The molecule has 0 amide bonds. The van der Waals surface area contributed by atoms with E-state index >= 15 is 4.39 Å². The van der Waals surface area contributed by atoms with Gasteiger partial charge in [-0.2, -0.15) is 0 Å². The molecule has 3 aromatic carbocycles. The van der Waals surface area contributed by atoms with Crippen LogP contribution in [0.5, 0.6) is 23.0 Å². The standard InChI is InChI=1S/C33H36FN3O5/c34-30-18-25(41-15-14-38)9-11-28(30)32-35-31-12-10-27(42-26-8-2-7-24(39)16-26)17-29(31)33(40)37(32)21-23-6-3-13-36(20-23)19-22-4-1-5-22/h2,7-12,16-18,22-23,38-39H,1,3-6,13-15,19-21H2. The predicted octanol–water partition coefficient (Wildman–Crippen LogP) is 5.58. The van der Waals surface area contributed by atoms with E-state index in [1.165, 1.54) is 31.4 Å². The number of aliphatic hydroxyl groups excluding tert-OH is 1. The quantitative estimate of drug-likeness (QED) is 0.256. The minimum absolute atomic E-state index is 0.0593.